The van der Waals surface area contributed by atoms with Crippen LogP contribution in [-0.4, -0.2) is 12.2 Å². The van der Waals surface area contributed by atoms with Crippen molar-refractivity contribution in [2.75, 3.05) is 7.05 Å². The van der Waals surface area contributed by atoms with Gasteiger partial charge in [-0.2, -0.15) is 0 Å². The Kier molecular flexibility index (Phi) is 4.07. The maximum absolute atomic E-state index is 9.25. The summed E-state index contributed by atoms with van der Waals surface area (Å²) in [6.45, 7) is 0.987. The van der Waals surface area contributed by atoms with E-state index in [0.29, 0.717) is 5.75 Å². The van der Waals surface area contributed by atoms with E-state index >= 15 is 0 Å². The summed E-state index contributed by atoms with van der Waals surface area (Å²) in [6, 6.07) is 15.7. The van der Waals surface area contributed by atoms with Crippen LogP contribution < -0.4 is 5.32 Å². The zero-order chi connectivity index (χ0) is 12.1. The Morgan fingerprint density at radius 2 is 1.76 bits per heavy atom. The highest BCUT2D eigenvalue weighted by Crippen LogP contribution is 2.30. The molecule has 0 spiro atoms. The first-order valence-corrected chi connectivity index (χ1v) is 6.44. The molecule has 0 aromatic heterocycles. The van der Waals surface area contributed by atoms with Gasteiger partial charge in [-0.3, -0.25) is 0 Å². The predicted molar refractivity (Wildman–Crippen MR) is 70.2 cm³/mol. The first kappa shape index (κ1) is 12.0. The van der Waals surface area contributed by atoms with Gasteiger partial charge < -0.3 is 10.4 Å². The number of nitrogens with two attached hydrogens (primary N) is 1. The average Bonchev–Trinajstić information content (AvgIpc) is 2.35. The standard InChI is InChI=1S/C14H15NOS/c1-15-10-11-4-2-3-5-14(11)17-13-8-6-12(16)7-9-13/h2-9,15-16H,10H2,1H3/p+1. The Morgan fingerprint density at radius 1 is 1.06 bits per heavy atom. The fraction of sp³-hybridized carbons (Fsp3) is 0.143. The van der Waals surface area contributed by atoms with Crippen LogP contribution in [0.5, 0.6) is 5.75 Å². The van der Waals surface area contributed by atoms with Gasteiger partial charge >= 0.3 is 0 Å². The van der Waals surface area contributed by atoms with Crippen molar-refractivity contribution in [1.82, 2.24) is 0 Å². The van der Waals surface area contributed by atoms with E-state index in [-0.39, 0.29) is 0 Å². The lowest BCUT2D eigenvalue weighted by atomic mass is 10.2. The smallest absolute Gasteiger partial charge is 0.115 e. The molecule has 3 N–H and O–H groups in total. The van der Waals surface area contributed by atoms with Crippen molar-refractivity contribution in [1.29, 1.82) is 0 Å². The van der Waals surface area contributed by atoms with Gasteiger partial charge in [0.2, 0.25) is 0 Å². The largest absolute Gasteiger partial charge is 0.508 e. The number of hydrogen-bond acceptors (Lipinski definition) is 2. The van der Waals surface area contributed by atoms with Crippen LogP contribution in [-0.2, 0) is 6.54 Å². The molecule has 0 fully saturated rings. The summed E-state index contributed by atoms with van der Waals surface area (Å²) in [4.78, 5) is 2.42. The molecular formula is C14H16NOS+. The monoisotopic (exact) mass is 246 g/mol. The summed E-state index contributed by atoms with van der Waals surface area (Å²) >= 11 is 1.73. The van der Waals surface area contributed by atoms with E-state index in [9.17, 15) is 5.11 Å². The molecular weight excluding hydrogens is 230 g/mol. The Bertz CT molecular complexity index is 482. The minimum absolute atomic E-state index is 0.310. The topological polar surface area (TPSA) is 36.8 Å². The lowest BCUT2D eigenvalue weighted by Gasteiger charge is -2.07. The highest BCUT2D eigenvalue weighted by molar-refractivity contribution is 7.99. The third kappa shape index (κ3) is 3.25. The molecule has 0 saturated carbocycles. The van der Waals surface area contributed by atoms with E-state index < -0.39 is 0 Å². The third-order valence-electron chi connectivity index (χ3n) is 2.46. The second-order valence-electron chi connectivity index (χ2n) is 3.82. The number of benzene rings is 2. The molecule has 0 aliphatic carbocycles. The SMILES string of the molecule is C[NH2+]Cc1ccccc1Sc1ccc(O)cc1. The third-order valence-corrected chi connectivity index (χ3v) is 3.59. The molecule has 3 heteroatoms. The molecule has 0 aliphatic heterocycles. The Balaban J connectivity index is 2.20. The van der Waals surface area contributed by atoms with Crippen molar-refractivity contribution in [3.05, 3.63) is 54.1 Å². The van der Waals surface area contributed by atoms with E-state index in [1.807, 2.05) is 12.1 Å². The molecule has 88 valence electrons. The Hall–Kier alpha value is -1.45. The summed E-state index contributed by atoms with van der Waals surface area (Å²) in [6.07, 6.45) is 0. The van der Waals surface area contributed by atoms with Crippen LogP contribution in [0, 0.1) is 0 Å². The van der Waals surface area contributed by atoms with Crippen molar-refractivity contribution in [2.45, 2.75) is 16.3 Å². The van der Waals surface area contributed by atoms with Crippen LogP contribution in [0.1, 0.15) is 5.56 Å². The number of aromatic hydroxyl groups is 1. The summed E-state index contributed by atoms with van der Waals surface area (Å²) < 4.78 is 0. The van der Waals surface area contributed by atoms with Crippen LogP contribution in [0.3, 0.4) is 0 Å². The summed E-state index contributed by atoms with van der Waals surface area (Å²) in [7, 11) is 2.07. The quantitative estimate of drug-likeness (QED) is 0.868. The maximum atomic E-state index is 9.25. The van der Waals surface area contributed by atoms with E-state index in [1.165, 1.54) is 10.5 Å². The second-order valence-corrected chi connectivity index (χ2v) is 4.93. The normalized spacial score (nSPS) is 10.4. The molecule has 0 saturated heterocycles. The van der Waals surface area contributed by atoms with Crippen molar-refractivity contribution < 1.29 is 10.4 Å². The molecule has 2 aromatic rings. The van der Waals surface area contributed by atoms with Crippen LogP contribution in [0.2, 0.25) is 0 Å². The van der Waals surface area contributed by atoms with E-state index in [2.05, 4.69) is 36.6 Å². The summed E-state index contributed by atoms with van der Waals surface area (Å²) in [5, 5.41) is 11.4. The number of quaternary nitrogens is 1. The van der Waals surface area contributed by atoms with Gasteiger partial charge in [-0.05, 0) is 30.3 Å². The number of phenols is 1. The maximum Gasteiger partial charge on any atom is 0.115 e. The van der Waals surface area contributed by atoms with Gasteiger partial charge in [-0.25, -0.2) is 0 Å². The van der Waals surface area contributed by atoms with Gasteiger partial charge in [0.15, 0.2) is 0 Å². The number of rotatable bonds is 4. The first-order chi connectivity index (χ1) is 8.29. The van der Waals surface area contributed by atoms with Crippen LogP contribution in [0.25, 0.3) is 0 Å². The minimum atomic E-state index is 0.310. The van der Waals surface area contributed by atoms with E-state index in [1.54, 1.807) is 23.9 Å². The molecule has 0 aliphatic rings. The van der Waals surface area contributed by atoms with Crippen LogP contribution in [0.4, 0.5) is 0 Å². The lowest BCUT2D eigenvalue weighted by Crippen LogP contribution is -2.77. The van der Waals surface area contributed by atoms with Gasteiger partial charge in [-0.1, -0.05) is 30.0 Å². The molecule has 0 atom stereocenters. The van der Waals surface area contributed by atoms with E-state index in [4.69, 9.17) is 0 Å². The molecule has 17 heavy (non-hydrogen) atoms. The molecule has 2 rings (SSSR count). The summed E-state index contributed by atoms with van der Waals surface area (Å²) in [5.74, 6) is 0.310. The fourth-order valence-electron chi connectivity index (χ4n) is 1.63. The van der Waals surface area contributed by atoms with Crippen molar-refractivity contribution in [2.24, 2.45) is 0 Å². The molecule has 0 bridgehead atoms. The highest BCUT2D eigenvalue weighted by Gasteiger charge is 2.04. The van der Waals surface area contributed by atoms with Crippen LogP contribution >= 0.6 is 11.8 Å². The second kappa shape index (κ2) is 5.75. The van der Waals surface area contributed by atoms with E-state index in [0.717, 1.165) is 11.4 Å². The fourth-order valence-corrected chi connectivity index (χ4v) is 2.59. The van der Waals surface area contributed by atoms with Gasteiger partial charge in [0, 0.05) is 15.4 Å². The van der Waals surface area contributed by atoms with Gasteiger partial charge in [0.25, 0.3) is 0 Å². The molecule has 0 amide bonds. The van der Waals surface area contributed by atoms with Crippen molar-refractivity contribution >= 4 is 11.8 Å². The van der Waals surface area contributed by atoms with Gasteiger partial charge in [-0.15, -0.1) is 0 Å². The number of hydrogen-bond donors (Lipinski definition) is 2. The molecule has 2 aromatic carbocycles. The van der Waals surface area contributed by atoms with Crippen molar-refractivity contribution in [3.63, 3.8) is 0 Å². The molecule has 2 nitrogen and oxygen atoms in total. The molecule has 0 heterocycles. The molecule has 0 radical (unpaired) electrons. The molecule has 0 unspecified atom stereocenters. The average molecular weight is 246 g/mol. The minimum Gasteiger partial charge on any atom is -0.508 e. The predicted octanol–water partition coefficient (Wildman–Crippen LogP) is 2.24. The Labute approximate surface area is 106 Å². The number of phenolic OH excluding ortho intramolecular Hbond substituents is 1. The van der Waals surface area contributed by atoms with Crippen molar-refractivity contribution in [3.8, 4) is 5.75 Å². The zero-order valence-electron chi connectivity index (χ0n) is 9.76. The van der Waals surface area contributed by atoms with Crippen LogP contribution in [0.15, 0.2) is 58.3 Å². The van der Waals surface area contributed by atoms with Gasteiger partial charge in [0.05, 0.1) is 7.05 Å². The van der Waals surface area contributed by atoms with Gasteiger partial charge in [0.1, 0.15) is 12.3 Å². The first-order valence-electron chi connectivity index (χ1n) is 5.62. The highest BCUT2D eigenvalue weighted by atomic mass is 32.2. The lowest BCUT2D eigenvalue weighted by molar-refractivity contribution is -0.643. The zero-order valence-corrected chi connectivity index (χ0v) is 10.6. The Morgan fingerprint density at radius 3 is 2.47 bits per heavy atom. The summed E-state index contributed by atoms with van der Waals surface area (Å²) in [5.41, 5.74) is 1.34.